The second kappa shape index (κ2) is 15.9. The Kier molecular flexibility index (Phi) is 12.0. The van der Waals surface area contributed by atoms with E-state index < -0.39 is 16.1 Å². The van der Waals surface area contributed by atoms with Crippen LogP contribution in [-0.4, -0.2) is 35.5 Å². The van der Waals surface area contributed by atoms with E-state index >= 15 is 0 Å². The Morgan fingerprint density at radius 1 is 0.421 bits per heavy atom. The molecule has 4 aromatic carbocycles. The molecule has 0 fully saturated rings. The summed E-state index contributed by atoms with van der Waals surface area (Å²) in [6, 6.07) is 44.9. The minimum absolute atomic E-state index is 0.722. The van der Waals surface area contributed by atoms with Gasteiger partial charge >= 0.3 is 0 Å². The van der Waals surface area contributed by atoms with Gasteiger partial charge in [-0.1, -0.05) is 148 Å². The van der Waals surface area contributed by atoms with Crippen LogP contribution >= 0.6 is 16.1 Å². The van der Waals surface area contributed by atoms with Crippen molar-refractivity contribution in [2.24, 2.45) is 0 Å². The van der Waals surface area contributed by atoms with Gasteiger partial charge in [0.1, 0.15) is 0 Å². The van der Waals surface area contributed by atoms with Gasteiger partial charge in [-0.25, -0.2) is 4.44 Å². The Hall–Kier alpha value is -2.34. The van der Waals surface area contributed by atoms with Gasteiger partial charge < -0.3 is 4.90 Å². The van der Waals surface area contributed by atoms with Gasteiger partial charge in [-0.2, -0.15) is 0 Å². The van der Waals surface area contributed by atoms with Crippen LogP contribution in [0.15, 0.2) is 121 Å². The van der Waals surface area contributed by atoms with Crippen LogP contribution in [0, 0.1) is 0 Å². The molecule has 0 aliphatic heterocycles. The van der Waals surface area contributed by atoms with E-state index in [1.807, 2.05) is 0 Å². The number of benzene rings is 4. The van der Waals surface area contributed by atoms with E-state index in [4.69, 9.17) is 0 Å². The first kappa shape index (κ1) is 28.7. The minimum atomic E-state index is -0.722. The second-order valence-electron chi connectivity index (χ2n) is 9.61. The average molecular weight is 541 g/mol. The summed E-state index contributed by atoms with van der Waals surface area (Å²) in [7, 11) is -1.44. The third-order valence-electron chi connectivity index (χ3n) is 6.74. The van der Waals surface area contributed by atoms with Gasteiger partial charge in [0.25, 0.3) is 0 Å². The molecule has 0 saturated heterocycles. The normalized spacial score (nSPS) is 11.6. The molecule has 0 atom stereocenters. The van der Waals surface area contributed by atoms with Crippen molar-refractivity contribution in [3.05, 3.63) is 121 Å². The van der Waals surface area contributed by atoms with Crippen molar-refractivity contribution in [2.75, 3.05) is 26.2 Å². The molecule has 4 heteroatoms. The van der Waals surface area contributed by atoms with Crippen LogP contribution in [0.3, 0.4) is 0 Å². The van der Waals surface area contributed by atoms with E-state index in [0.29, 0.717) is 0 Å². The maximum atomic E-state index is 2.88. The molecule has 0 spiro atoms. The quantitative estimate of drug-likeness (QED) is 0.146. The van der Waals surface area contributed by atoms with Crippen molar-refractivity contribution in [1.82, 2.24) is 9.34 Å². The molecule has 0 N–H and O–H groups in total. The van der Waals surface area contributed by atoms with Crippen LogP contribution < -0.4 is 21.2 Å². The number of rotatable bonds is 15. The van der Waals surface area contributed by atoms with Crippen LogP contribution in [0.4, 0.5) is 0 Å². The fourth-order valence-corrected chi connectivity index (χ4v) is 10.7. The standard InChI is InChI=1S/C34H42N2P2/c1-3-5-27-35(28-6-4-2)29-30-36(37(31-19-11-7-12-20-31)32-21-13-8-14-22-32)38(33-23-15-9-16-24-33)34-25-17-10-18-26-34/h7-26H,3-6,27-30H2,1-2H3. The first-order valence-electron chi connectivity index (χ1n) is 14.1. The Morgan fingerprint density at radius 3 is 1.03 bits per heavy atom. The van der Waals surface area contributed by atoms with E-state index in [9.17, 15) is 0 Å². The Morgan fingerprint density at radius 2 is 0.737 bits per heavy atom. The molecule has 0 aliphatic carbocycles. The zero-order chi connectivity index (χ0) is 26.4. The third-order valence-corrected chi connectivity index (χ3v) is 12.3. The zero-order valence-corrected chi connectivity index (χ0v) is 24.8. The van der Waals surface area contributed by atoms with E-state index in [1.165, 1.54) is 60.0 Å². The predicted octanol–water partition coefficient (Wildman–Crippen LogP) is 7.29. The summed E-state index contributed by atoms with van der Waals surface area (Å²) in [6.07, 6.45) is 5.02. The molecule has 38 heavy (non-hydrogen) atoms. The Balaban J connectivity index is 1.82. The molecule has 0 radical (unpaired) electrons. The molecule has 0 saturated carbocycles. The van der Waals surface area contributed by atoms with Crippen LogP contribution in [0.5, 0.6) is 0 Å². The summed E-state index contributed by atoms with van der Waals surface area (Å²) in [5.41, 5.74) is 0. The van der Waals surface area contributed by atoms with Crippen LogP contribution in [0.25, 0.3) is 0 Å². The predicted molar refractivity (Wildman–Crippen MR) is 171 cm³/mol. The lowest BCUT2D eigenvalue weighted by molar-refractivity contribution is 0.261. The van der Waals surface area contributed by atoms with E-state index in [2.05, 4.69) is 145 Å². The fourth-order valence-electron chi connectivity index (χ4n) is 4.73. The van der Waals surface area contributed by atoms with Crippen LogP contribution in [0.2, 0.25) is 0 Å². The molecule has 4 rings (SSSR count). The Bertz CT molecular complexity index is 986. The van der Waals surface area contributed by atoms with Gasteiger partial charge in [0.05, 0.1) is 0 Å². The highest BCUT2D eigenvalue weighted by molar-refractivity contribution is 7.84. The van der Waals surface area contributed by atoms with Crippen molar-refractivity contribution >= 4 is 37.4 Å². The van der Waals surface area contributed by atoms with Crippen molar-refractivity contribution < 1.29 is 0 Å². The van der Waals surface area contributed by atoms with Crippen molar-refractivity contribution in [3.8, 4) is 0 Å². The third kappa shape index (κ3) is 8.08. The summed E-state index contributed by atoms with van der Waals surface area (Å²) in [5.74, 6) is 0. The minimum Gasteiger partial charge on any atom is -0.302 e. The SMILES string of the molecule is CCCCN(CCCC)CCN(P(c1ccccc1)c1ccccc1)P(c1ccccc1)c1ccccc1. The van der Waals surface area contributed by atoms with Gasteiger partial charge in [-0.15, -0.1) is 0 Å². The highest BCUT2D eigenvalue weighted by atomic mass is 31.2. The van der Waals surface area contributed by atoms with Crippen LogP contribution in [0.1, 0.15) is 39.5 Å². The van der Waals surface area contributed by atoms with Gasteiger partial charge in [-0.05, 0) is 47.1 Å². The van der Waals surface area contributed by atoms with Gasteiger partial charge in [0, 0.05) is 29.2 Å². The fraction of sp³-hybridized carbons (Fsp3) is 0.294. The summed E-state index contributed by atoms with van der Waals surface area (Å²) >= 11 is 0. The molecule has 2 nitrogen and oxygen atoms in total. The number of hydrogen-bond acceptors (Lipinski definition) is 2. The van der Waals surface area contributed by atoms with Crippen molar-refractivity contribution in [3.63, 3.8) is 0 Å². The monoisotopic (exact) mass is 540 g/mol. The second-order valence-corrected chi connectivity index (χ2v) is 14.2. The Labute approximate surface area is 233 Å². The maximum absolute atomic E-state index is 2.88. The molecule has 0 unspecified atom stereocenters. The van der Waals surface area contributed by atoms with Gasteiger partial charge in [0.2, 0.25) is 0 Å². The van der Waals surface area contributed by atoms with Crippen LogP contribution in [-0.2, 0) is 0 Å². The lowest BCUT2D eigenvalue weighted by Crippen LogP contribution is -2.38. The van der Waals surface area contributed by atoms with E-state index in [0.717, 1.165) is 13.1 Å². The molecule has 0 amide bonds. The topological polar surface area (TPSA) is 6.48 Å². The molecular formula is C34H42N2P2. The summed E-state index contributed by atoms with van der Waals surface area (Å²) in [6.45, 7) is 9.12. The van der Waals surface area contributed by atoms with Gasteiger partial charge in [0.15, 0.2) is 0 Å². The molecule has 0 aliphatic rings. The summed E-state index contributed by atoms with van der Waals surface area (Å²) in [4.78, 5) is 2.72. The molecule has 0 aromatic heterocycles. The van der Waals surface area contributed by atoms with Crippen molar-refractivity contribution in [1.29, 1.82) is 0 Å². The number of hydrogen-bond donors (Lipinski definition) is 0. The van der Waals surface area contributed by atoms with E-state index in [1.54, 1.807) is 0 Å². The smallest absolute Gasteiger partial charge is 0.0323 e. The molecule has 198 valence electrons. The summed E-state index contributed by atoms with van der Waals surface area (Å²) in [5, 5.41) is 5.67. The first-order chi connectivity index (χ1) is 18.8. The lowest BCUT2D eigenvalue weighted by Gasteiger charge is -2.40. The highest BCUT2D eigenvalue weighted by Crippen LogP contribution is 2.54. The molecule has 4 aromatic rings. The maximum Gasteiger partial charge on any atom is 0.0323 e. The average Bonchev–Trinajstić information content (AvgIpc) is 2.99. The van der Waals surface area contributed by atoms with E-state index in [-0.39, 0.29) is 0 Å². The molecule has 0 bridgehead atoms. The van der Waals surface area contributed by atoms with Crippen molar-refractivity contribution in [2.45, 2.75) is 39.5 Å². The summed E-state index contributed by atoms with van der Waals surface area (Å²) < 4.78 is 2.88. The lowest BCUT2D eigenvalue weighted by atomic mass is 10.2. The van der Waals surface area contributed by atoms with Gasteiger partial charge in [-0.3, -0.25) is 0 Å². The molecule has 0 heterocycles. The highest BCUT2D eigenvalue weighted by Gasteiger charge is 2.31. The molecular weight excluding hydrogens is 498 g/mol. The largest absolute Gasteiger partial charge is 0.302 e. The number of nitrogens with zero attached hydrogens (tertiary/aromatic N) is 2. The number of unbranched alkanes of at least 4 members (excludes halogenated alkanes) is 2. The zero-order valence-electron chi connectivity index (χ0n) is 23.0. The first-order valence-corrected chi connectivity index (χ1v) is 16.7.